The third-order valence-electron chi connectivity index (χ3n) is 3.29. The van der Waals surface area contributed by atoms with E-state index < -0.39 is 21.4 Å². The molecule has 0 heterocycles. The fourth-order valence-corrected chi connectivity index (χ4v) is 2.13. The van der Waals surface area contributed by atoms with Crippen LogP contribution in [0.1, 0.15) is 10.4 Å². The van der Waals surface area contributed by atoms with Crippen molar-refractivity contribution in [3.8, 4) is 11.5 Å². The van der Waals surface area contributed by atoms with Crippen molar-refractivity contribution < 1.29 is 24.1 Å². The predicted molar refractivity (Wildman–Crippen MR) is 87.2 cm³/mol. The molecule has 0 aliphatic carbocycles. The summed E-state index contributed by atoms with van der Waals surface area (Å²) in [6.07, 6.45) is 0. The zero-order valence-electron chi connectivity index (χ0n) is 13.2. The highest BCUT2D eigenvalue weighted by molar-refractivity contribution is 6.08. The van der Waals surface area contributed by atoms with Crippen LogP contribution in [0.25, 0.3) is 0 Å². The van der Waals surface area contributed by atoms with E-state index in [2.05, 4.69) is 5.32 Å². The number of methoxy groups -OCH3 is 2. The molecular weight excluding hydrogens is 334 g/mol. The molecule has 0 radical (unpaired) electrons. The molecule has 0 aliphatic rings. The third-order valence-corrected chi connectivity index (χ3v) is 3.29. The van der Waals surface area contributed by atoms with E-state index >= 15 is 0 Å². The van der Waals surface area contributed by atoms with Gasteiger partial charge in [0.05, 0.1) is 30.1 Å². The van der Waals surface area contributed by atoms with Gasteiger partial charge in [0.2, 0.25) is 0 Å². The third kappa shape index (κ3) is 3.63. The van der Waals surface area contributed by atoms with Gasteiger partial charge in [-0.05, 0) is 6.07 Å². The van der Waals surface area contributed by atoms with E-state index in [-0.39, 0.29) is 28.4 Å². The van der Waals surface area contributed by atoms with Crippen molar-refractivity contribution in [3.63, 3.8) is 0 Å². The molecule has 0 bridgehead atoms. The first kappa shape index (κ1) is 17.7. The Morgan fingerprint density at radius 1 is 0.960 bits per heavy atom. The van der Waals surface area contributed by atoms with Gasteiger partial charge in [0.1, 0.15) is 11.3 Å². The van der Waals surface area contributed by atoms with Gasteiger partial charge in [-0.25, -0.2) is 0 Å². The first-order valence-electron chi connectivity index (χ1n) is 6.84. The second kappa shape index (κ2) is 7.25. The Morgan fingerprint density at radius 2 is 1.52 bits per heavy atom. The Labute approximate surface area is 141 Å². The van der Waals surface area contributed by atoms with Crippen molar-refractivity contribution in [3.05, 3.63) is 62.2 Å². The lowest BCUT2D eigenvalue weighted by molar-refractivity contribution is -0.385. The number of nitro benzene ring substituents is 2. The zero-order chi connectivity index (χ0) is 18.6. The summed E-state index contributed by atoms with van der Waals surface area (Å²) < 4.78 is 10.0. The summed E-state index contributed by atoms with van der Waals surface area (Å²) in [4.78, 5) is 33.3. The molecule has 0 fully saturated rings. The maximum Gasteiger partial charge on any atom is 0.292 e. The van der Waals surface area contributed by atoms with Crippen LogP contribution in [0.3, 0.4) is 0 Å². The van der Waals surface area contributed by atoms with Gasteiger partial charge in [-0.15, -0.1) is 0 Å². The zero-order valence-corrected chi connectivity index (χ0v) is 13.2. The molecule has 2 rings (SSSR count). The highest BCUT2D eigenvalue weighted by Crippen LogP contribution is 2.35. The van der Waals surface area contributed by atoms with Gasteiger partial charge in [0.15, 0.2) is 11.5 Å². The largest absolute Gasteiger partial charge is 0.493 e. The minimum atomic E-state index is -0.887. The number of carbonyl (C=O) groups excluding carboxylic acids is 1. The topological polar surface area (TPSA) is 134 Å². The number of benzene rings is 2. The van der Waals surface area contributed by atoms with Crippen molar-refractivity contribution >= 4 is 23.0 Å². The molecule has 1 amide bonds. The van der Waals surface area contributed by atoms with Gasteiger partial charge in [-0.1, -0.05) is 12.1 Å². The van der Waals surface area contributed by atoms with Gasteiger partial charge < -0.3 is 14.8 Å². The number of hydrogen-bond acceptors (Lipinski definition) is 7. The number of rotatable bonds is 6. The summed E-state index contributed by atoms with van der Waals surface area (Å²) in [5.74, 6) is -0.695. The summed E-state index contributed by atoms with van der Waals surface area (Å²) in [7, 11) is 2.61. The number of para-hydroxylation sites is 2. The Bertz CT molecular complexity index is 851. The minimum absolute atomic E-state index is 0.0800. The average Bonchev–Trinajstić information content (AvgIpc) is 2.60. The summed E-state index contributed by atoms with van der Waals surface area (Å²) in [5, 5.41) is 24.6. The molecule has 2 aromatic carbocycles. The maximum atomic E-state index is 12.4. The normalized spacial score (nSPS) is 10.0. The first-order chi connectivity index (χ1) is 11.9. The van der Waals surface area contributed by atoms with Gasteiger partial charge in [-0.2, -0.15) is 0 Å². The second-order valence-electron chi connectivity index (χ2n) is 4.71. The van der Waals surface area contributed by atoms with Gasteiger partial charge >= 0.3 is 0 Å². The quantitative estimate of drug-likeness (QED) is 0.627. The van der Waals surface area contributed by atoms with Crippen LogP contribution in [0.15, 0.2) is 36.4 Å². The van der Waals surface area contributed by atoms with Crippen molar-refractivity contribution in [2.75, 3.05) is 19.5 Å². The number of nitrogens with one attached hydrogen (secondary N) is 1. The lowest BCUT2D eigenvalue weighted by atomic mass is 10.1. The van der Waals surface area contributed by atoms with Crippen LogP contribution in [0.4, 0.5) is 17.1 Å². The predicted octanol–water partition coefficient (Wildman–Crippen LogP) is 2.77. The lowest BCUT2D eigenvalue weighted by Gasteiger charge is -2.11. The molecule has 1 N–H and O–H groups in total. The van der Waals surface area contributed by atoms with E-state index in [0.29, 0.717) is 0 Å². The standard InChI is InChI=1S/C15H13N3O7/c1-24-13-7-9(12(18(22)23)8-14(13)25-2)15(19)16-10-5-3-4-6-11(10)17(20)21/h3-8H,1-2H3,(H,16,19). The highest BCUT2D eigenvalue weighted by atomic mass is 16.6. The van der Waals surface area contributed by atoms with Crippen LogP contribution in [0.5, 0.6) is 11.5 Å². The smallest absolute Gasteiger partial charge is 0.292 e. The minimum Gasteiger partial charge on any atom is -0.493 e. The van der Waals surface area contributed by atoms with E-state index in [9.17, 15) is 25.0 Å². The fourth-order valence-electron chi connectivity index (χ4n) is 2.13. The molecule has 0 saturated heterocycles. The van der Waals surface area contributed by atoms with E-state index in [1.165, 1.54) is 38.5 Å². The molecule has 0 aliphatic heterocycles. The van der Waals surface area contributed by atoms with Crippen LogP contribution in [0.2, 0.25) is 0 Å². The molecule has 10 heteroatoms. The number of amides is 1. The molecule has 10 nitrogen and oxygen atoms in total. The molecule has 0 unspecified atom stereocenters. The number of hydrogen-bond donors (Lipinski definition) is 1. The van der Waals surface area contributed by atoms with Crippen LogP contribution >= 0.6 is 0 Å². The Kier molecular flexibility index (Phi) is 5.12. The van der Waals surface area contributed by atoms with Crippen molar-refractivity contribution in [2.24, 2.45) is 0 Å². The summed E-state index contributed by atoms with van der Waals surface area (Å²) in [6, 6.07) is 7.65. The van der Waals surface area contributed by atoms with Crippen LogP contribution < -0.4 is 14.8 Å². The molecule has 2 aromatic rings. The molecule has 25 heavy (non-hydrogen) atoms. The van der Waals surface area contributed by atoms with E-state index in [4.69, 9.17) is 9.47 Å². The summed E-state index contributed by atoms with van der Waals surface area (Å²) in [5.41, 5.74) is -1.25. The summed E-state index contributed by atoms with van der Waals surface area (Å²) >= 11 is 0. The SMILES string of the molecule is COc1cc(C(=O)Nc2ccccc2[N+](=O)[O-])c([N+](=O)[O-])cc1OC. The molecule has 0 saturated carbocycles. The molecular formula is C15H13N3O7. The van der Waals surface area contributed by atoms with E-state index in [1.54, 1.807) is 0 Å². The molecule has 0 atom stereocenters. The van der Waals surface area contributed by atoms with Gasteiger partial charge in [0.25, 0.3) is 17.3 Å². The average molecular weight is 347 g/mol. The number of anilines is 1. The second-order valence-corrected chi connectivity index (χ2v) is 4.71. The van der Waals surface area contributed by atoms with Crippen molar-refractivity contribution in [2.45, 2.75) is 0 Å². The Hall–Kier alpha value is -3.69. The number of nitrogens with zero attached hydrogens (tertiary/aromatic N) is 2. The molecule has 0 spiro atoms. The van der Waals surface area contributed by atoms with E-state index in [1.807, 2.05) is 0 Å². The highest BCUT2D eigenvalue weighted by Gasteiger charge is 2.26. The Balaban J connectivity index is 2.49. The van der Waals surface area contributed by atoms with Crippen LogP contribution in [-0.4, -0.2) is 30.0 Å². The Morgan fingerprint density at radius 3 is 2.08 bits per heavy atom. The number of carbonyl (C=O) groups is 1. The van der Waals surface area contributed by atoms with Crippen molar-refractivity contribution in [1.82, 2.24) is 0 Å². The molecule has 130 valence electrons. The van der Waals surface area contributed by atoms with Crippen LogP contribution in [-0.2, 0) is 0 Å². The molecule has 0 aromatic heterocycles. The van der Waals surface area contributed by atoms with Gasteiger partial charge in [0, 0.05) is 12.1 Å². The number of ether oxygens (including phenoxy) is 2. The number of nitro groups is 2. The van der Waals surface area contributed by atoms with E-state index in [0.717, 1.165) is 12.1 Å². The lowest BCUT2D eigenvalue weighted by Crippen LogP contribution is -2.15. The summed E-state index contributed by atoms with van der Waals surface area (Å²) in [6.45, 7) is 0. The first-order valence-corrected chi connectivity index (χ1v) is 6.84. The maximum absolute atomic E-state index is 12.4. The van der Waals surface area contributed by atoms with Crippen molar-refractivity contribution in [1.29, 1.82) is 0 Å². The monoisotopic (exact) mass is 347 g/mol. The fraction of sp³-hybridized carbons (Fsp3) is 0.133. The van der Waals surface area contributed by atoms with Crippen LogP contribution in [0, 0.1) is 20.2 Å². The van der Waals surface area contributed by atoms with Gasteiger partial charge in [-0.3, -0.25) is 25.0 Å².